The zero-order valence-electron chi connectivity index (χ0n) is 2.39. The molecule has 0 amide bonds. The first-order chi connectivity index (χ1) is 1.41. The van der Waals surface area contributed by atoms with Crippen molar-refractivity contribution >= 4 is 15.5 Å². The molecule has 16 valence electrons. The number of hydrogen-bond donors (Lipinski definition) is 0. The van der Waals surface area contributed by atoms with Gasteiger partial charge < -0.3 is 0 Å². The zero-order valence-corrected chi connectivity index (χ0v) is 6.67. The Labute approximate surface area is 73.3 Å². The van der Waals surface area contributed by atoms with E-state index in [4.69, 9.17) is 7.96 Å². The molecule has 0 unspecified atom stereocenters. The first-order valence-corrected chi connectivity index (χ1v) is 1.41. The van der Waals surface area contributed by atoms with E-state index in [1.54, 1.807) is 0 Å². The van der Waals surface area contributed by atoms with Gasteiger partial charge in [-0.15, -0.1) is 0 Å². The van der Waals surface area contributed by atoms with Crippen molar-refractivity contribution < 1.29 is 59.3 Å². The number of hydrogen-bond acceptors (Lipinski definition) is 2. The third kappa shape index (κ3) is 9.23. The minimum atomic E-state index is -1.75. The summed E-state index contributed by atoms with van der Waals surface area (Å²) in [5, 5.41) is 0. The van der Waals surface area contributed by atoms with E-state index in [1.165, 1.54) is 0 Å². The van der Waals surface area contributed by atoms with Gasteiger partial charge >= 0.3 is 74.8 Å². The summed E-state index contributed by atoms with van der Waals surface area (Å²) >= 11 is -1.75. The topological polar surface area (TPSA) is 40.1 Å². The third-order valence-corrected chi connectivity index (χ3v) is 0. The first kappa shape index (κ1) is 9.24. The second-order valence-electron chi connectivity index (χ2n) is 0.0962. The van der Waals surface area contributed by atoms with Gasteiger partial charge in [-0.2, -0.15) is 0 Å². The van der Waals surface area contributed by atoms with Crippen LogP contribution in [0.4, 0.5) is 0 Å². The summed E-state index contributed by atoms with van der Waals surface area (Å²) in [7, 11) is 0. The molecule has 0 aromatic rings. The Kier molecular flexibility index (Phi) is 20.4. The molecule has 4 heteroatoms. The molecular formula is AlKO2. The normalized spacial score (nSPS) is 2.00. The van der Waals surface area contributed by atoms with E-state index < -0.39 is 15.5 Å². The minimum absolute atomic E-state index is 0. The second kappa shape index (κ2) is 8.84. The molecule has 2 nitrogen and oxygen atoms in total. The summed E-state index contributed by atoms with van der Waals surface area (Å²) < 4.78 is 16.9. The van der Waals surface area contributed by atoms with Crippen LogP contribution in [0.2, 0.25) is 0 Å². The molecule has 0 atom stereocenters. The van der Waals surface area contributed by atoms with Gasteiger partial charge in [0.15, 0.2) is 0 Å². The van der Waals surface area contributed by atoms with Crippen LogP contribution in [0.1, 0.15) is 0 Å². The quantitative estimate of drug-likeness (QED) is 0.286. The van der Waals surface area contributed by atoms with Gasteiger partial charge in [-0.05, 0) is 0 Å². The Balaban J connectivity index is 0. The average molecular weight is 98.1 g/mol. The molecule has 0 bridgehead atoms. The fraction of sp³-hybridized carbons (Fsp3) is 0. The van der Waals surface area contributed by atoms with Gasteiger partial charge in [0.05, 0.1) is 0 Å². The summed E-state index contributed by atoms with van der Waals surface area (Å²) in [6.07, 6.45) is 0. The molecule has 0 radical (unpaired) electrons. The second-order valence-corrected chi connectivity index (χ2v) is 0.289. The van der Waals surface area contributed by atoms with E-state index in [1.807, 2.05) is 0 Å². The van der Waals surface area contributed by atoms with Crippen LogP contribution in [0.3, 0.4) is 0 Å². The van der Waals surface area contributed by atoms with Gasteiger partial charge in [0, 0.05) is 0 Å². The van der Waals surface area contributed by atoms with E-state index in [2.05, 4.69) is 0 Å². The maximum absolute atomic E-state index is 8.46. The monoisotopic (exact) mass is 97.9 g/mol. The van der Waals surface area contributed by atoms with Crippen molar-refractivity contribution in [2.45, 2.75) is 0 Å². The van der Waals surface area contributed by atoms with E-state index >= 15 is 0 Å². The van der Waals surface area contributed by atoms with Gasteiger partial charge in [-0.1, -0.05) is 0 Å². The van der Waals surface area contributed by atoms with Gasteiger partial charge in [0.1, 0.15) is 0 Å². The van der Waals surface area contributed by atoms with E-state index in [0.29, 0.717) is 0 Å². The Morgan fingerprint density at radius 3 is 1.75 bits per heavy atom. The Bertz CT molecular complexity index is 13.5. The van der Waals surface area contributed by atoms with Gasteiger partial charge in [-0.3, -0.25) is 0 Å². The van der Waals surface area contributed by atoms with Crippen LogP contribution >= 0.6 is 0 Å². The SMILES string of the molecule is [K+].[O]=[Al][O-]. The summed E-state index contributed by atoms with van der Waals surface area (Å²) in [6, 6.07) is 0. The molecular weight excluding hydrogens is 98.1 g/mol. The fourth-order valence-corrected chi connectivity index (χ4v) is 0. The van der Waals surface area contributed by atoms with Crippen LogP contribution in [0, 0.1) is 0 Å². The standard InChI is InChI=1S/Al.K.2O/q;+1;;-1. The fourth-order valence-electron chi connectivity index (χ4n) is 0. The summed E-state index contributed by atoms with van der Waals surface area (Å²) in [5.74, 6) is 0. The van der Waals surface area contributed by atoms with E-state index in [9.17, 15) is 0 Å². The van der Waals surface area contributed by atoms with Crippen molar-refractivity contribution in [2.24, 2.45) is 0 Å². The van der Waals surface area contributed by atoms with Crippen molar-refractivity contribution in [2.75, 3.05) is 0 Å². The van der Waals surface area contributed by atoms with Crippen molar-refractivity contribution in [1.82, 2.24) is 0 Å². The third-order valence-electron chi connectivity index (χ3n) is 0. The first-order valence-electron chi connectivity index (χ1n) is 0.471. The molecule has 0 aliphatic rings. The van der Waals surface area contributed by atoms with Crippen LogP contribution in [0.5, 0.6) is 0 Å². The molecule has 0 aliphatic heterocycles. The summed E-state index contributed by atoms with van der Waals surface area (Å²) in [4.78, 5) is 0. The Morgan fingerprint density at radius 2 is 1.75 bits per heavy atom. The van der Waals surface area contributed by atoms with Gasteiger partial charge in [-0.25, -0.2) is 0 Å². The van der Waals surface area contributed by atoms with Crippen molar-refractivity contribution in [3.05, 3.63) is 0 Å². The molecule has 0 rings (SSSR count). The number of rotatable bonds is 0. The molecule has 0 heterocycles. The van der Waals surface area contributed by atoms with Crippen molar-refractivity contribution in [3.8, 4) is 0 Å². The molecule has 0 aromatic heterocycles. The van der Waals surface area contributed by atoms with Crippen LogP contribution in [0.15, 0.2) is 0 Å². The van der Waals surface area contributed by atoms with Crippen LogP contribution in [0.25, 0.3) is 0 Å². The zero-order chi connectivity index (χ0) is 2.71. The molecule has 0 fully saturated rings. The maximum atomic E-state index is 8.46. The predicted octanol–water partition coefficient (Wildman–Crippen LogP) is -4.68. The van der Waals surface area contributed by atoms with Gasteiger partial charge in [0.2, 0.25) is 0 Å². The summed E-state index contributed by atoms with van der Waals surface area (Å²) in [6.45, 7) is 0. The molecule has 0 saturated carbocycles. The van der Waals surface area contributed by atoms with E-state index in [0.717, 1.165) is 0 Å². The summed E-state index contributed by atoms with van der Waals surface area (Å²) in [5.41, 5.74) is 0. The molecule has 0 N–H and O–H groups in total. The van der Waals surface area contributed by atoms with Gasteiger partial charge in [0.25, 0.3) is 0 Å². The van der Waals surface area contributed by atoms with Crippen molar-refractivity contribution in [1.29, 1.82) is 0 Å². The molecule has 0 aliphatic carbocycles. The molecule has 4 heavy (non-hydrogen) atoms. The Hall–Kier alpha value is 1.77. The molecule has 0 aromatic carbocycles. The van der Waals surface area contributed by atoms with Crippen LogP contribution in [-0.2, 0) is 3.80 Å². The molecule has 0 saturated heterocycles. The molecule has 0 spiro atoms. The Morgan fingerprint density at radius 1 is 1.75 bits per heavy atom. The predicted molar refractivity (Wildman–Crippen MR) is 6.44 cm³/mol. The van der Waals surface area contributed by atoms with Crippen LogP contribution < -0.4 is 55.5 Å². The van der Waals surface area contributed by atoms with Crippen molar-refractivity contribution in [3.63, 3.8) is 0 Å². The average Bonchev–Trinajstić information content (AvgIpc) is 0.918. The van der Waals surface area contributed by atoms with E-state index in [-0.39, 0.29) is 51.4 Å². The van der Waals surface area contributed by atoms with Crippen LogP contribution in [-0.4, -0.2) is 15.5 Å².